The molecule has 0 aromatic carbocycles. The van der Waals surface area contributed by atoms with Crippen molar-refractivity contribution in [3.8, 4) is 0 Å². The van der Waals surface area contributed by atoms with Crippen molar-refractivity contribution in [3.63, 3.8) is 0 Å². The number of aryl methyl sites for hydroxylation is 1. The van der Waals surface area contributed by atoms with Gasteiger partial charge in [0.25, 0.3) is 0 Å². The lowest BCUT2D eigenvalue weighted by Gasteiger charge is -2.03. The van der Waals surface area contributed by atoms with E-state index < -0.39 is 12.0 Å². The lowest BCUT2D eigenvalue weighted by molar-refractivity contribution is -0.138. The molecule has 0 fully saturated rings. The van der Waals surface area contributed by atoms with E-state index in [4.69, 9.17) is 10.8 Å². The van der Waals surface area contributed by atoms with E-state index in [1.807, 2.05) is 12.3 Å². The fourth-order valence-electron chi connectivity index (χ4n) is 0.795. The standard InChI is InChI=1S/C8H12N2O2S2/c1-5-4-14-8(10-5)13-3-2-6(9)7(11)12/h4,6H,2-3,9H2,1H3,(H,11,12). The Balaban J connectivity index is 2.25. The Bertz CT molecular complexity index is 314. The van der Waals surface area contributed by atoms with Crippen LogP contribution in [0.4, 0.5) is 0 Å². The Morgan fingerprint density at radius 3 is 3.07 bits per heavy atom. The molecule has 0 amide bonds. The van der Waals surface area contributed by atoms with Crippen LogP contribution in [-0.2, 0) is 4.79 Å². The number of nitrogens with zero attached hydrogens (tertiary/aromatic N) is 1. The normalized spacial score (nSPS) is 12.7. The third kappa shape index (κ3) is 3.65. The fraction of sp³-hybridized carbons (Fsp3) is 0.500. The minimum Gasteiger partial charge on any atom is -0.480 e. The second kappa shape index (κ2) is 5.33. The van der Waals surface area contributed by atoms with Gasteiger partial charge in [-0.3, -0.25) is 4.79 Å². The molecular formula is C8H12N2O2S2. The molecule has 0 spiro atoms. The number of carboxylic acids is 1. The predicted octanol–water partition coefficient (Wildman–Crippen LogP) is 1.35. The molecule has 0 radical (unpaired) electrons. The minimum absolute atomic E-state index is 0.471. The first kappa shape index (κ1) is 11.5. The predicted molar refractivity (Wildman–Crippen MR) is 57.8 cm³/mol. The minimum atomic E-state index is -0.944. The molecule has 14 heavy (non-hydrogen) atoms. The van der Waals surface area contributed by atoms with Crippen LogP contribution in [0.1, 0.15) is 12.1 Å². The van der Waals surface area contributed by atoms with Gasteiger partial charge in [0.05, 0.1) is 0 Å². The number of aliphatic carboxylic acids is 1. The van der Waals surface area contributed by atoms with Crippen LogP contribution < -0.4 is 5.73 Å². The summed E-state index contributed by atoms with van der Waals surface area (Å²) in [7, 11) is 0. The SMILES string of the molecule is Cc1csc(SCCC(N)C(=O)O)n1. The van der Waals surface area contributed by atoms with E-state index in [1.54, 1.807) is 23.1 Å². The van der Waals surface area contributed by atoms with Crippen molar-refractivity contribution >= 4 is 29.1 Å². The maximum absolute atomic E-state index is 10.4. The molecule has 4 nitrogen and oxygen atoms in total. The molecule has 0 saturated carbocycles. The molecule has 1 atom stereocenters. The Labute approximate surface area is 90.5 Å². The molecular weight excluding hydrogens is 220 g/mol. The van der Waals surface area contributed by atoms with Crippen LogP contribution >= 0.6 is 23.1 Å². The Morgan fingerprint density at radius 1 is 1.86 bits per heavy atom. The van der Waals surface area contributed by atoms with E-state index >= 15 is 0 Å². The van der Waals surface area contributed by atoms with Gasteiger partial charge in [0.1, 0.15) is 10.4 Å². The van der Waals surface area contributed by atoms with Crippen LogP contribution in [0.15, 0.2) is 9.72 Å². The van der Waals surface area contributed by atoms with E-state index in [0.717, 1.165) is 10.0 Å². The van der Waals surface area contributed by atoms with Crippen molar-refractivity contribution in [2.24, 2.45) is 5.73 Å². The number of thioether (sulfide) groups is 1. The average Bonchev–Trinajstić information content (AvgIpc) is 2.51. The highest BCUT2D eigenvalue weighted by molar-refractivity contribution is 8.01. The molecule has 1 unspecified atom stereocenters. The van der Waals surface area contributed by atoms with Gasteiger partial charge in [-0.2, -0.15) is 0 Å². The Hall–Kier alpha value is -0.590. The first-order valence-electron chi connectivity index (χ1n) is 4.13. The first-order valence-corrected chi connectivity index (χ1v) is 5.99. The van der Waals surface area contributed by atoms with Crippen LogP contribution in [0.2, 0.25) is 0 Å². The van der Waals surface area contributed by atoms with Gasteiger partial charge in [0.2, 0.25) is 0 Å². The zero-order valence-corrected chi connectivity index (χ0v) is 9.40. The van der Waals surface area contributed by atoms with Gasteiger partial charge < -0.3 is 10.8 Å². The molecule has 1 aromatic rings. The molecule has 1 heterocycles. The van der Waals surface area contributed by atoms with Gasteiger partial charge in [-0.05, 0) is 13.3 Å². The largest absolute Gasteiger partial charge is 0.480 e. The van der Waals surface area contributed by atoms with Gasteiger partial charge in [-0.1, -0.05) is 11.8 Å². The quantitative estimate of drug-likeness (QED) is 0.749. The number of aromatic nitrogens is 1. The van der Waals surface area contributed by atoms with Crippen LogP contribution in [-0.4, -0.2) is 27.9 Å². The Morgan fingerprint density at radius 2 is 2.57 bits per heavy atom. The van der Waals surface area contributed by atoms with Gasteiger partial charge in [-0.15, -0.1) is 11.3 Å². The van der Waals surface area contributed by atoms with Crippen molar-refractivity contribution in [2.75, 3.05) is 5.75 Å². The van der Waals surface area contributed by atoms with E-state index in [9.17, 15) is 4.79 Å². The molecule has 78 valence electrons. The first-order chi connectivity index (χ1) is 6.59. The molecule has 1 rings (SSSR count). The highest BCUT2D eigenvalue weighted by atomic mass is 32.2. The number of nitrogens with two attached hydrogens (primary N) is 1. The van der Waals surface area contributed by atoms with E-state index in [-0.39, 0.29) is 0 Å². The van der Waals surface area contributed by atoms with Crippen molar-refractivity contribution in [2.45, 2.75) is 23.7 Å². The van der Waals surface area contributed by atoms with Crippen LogP contribution in [0.3, 0.4) is 0 Å². The third-order valence-corrected chi connectivity index (χ3v) is 3.74. The number of hydrogen-bond acceptors (Lipinski definition) is 5. The summed E-state index contributed by atoms with van der Waals surface area (Å²) in [5.41, 5.74) is 6.36. The summed E-state index contributed by atoms with van der Waals surface area (Å²) < 4.78 is 0.972. The van der Waals surface area contributed by atoms with Crippen molar-refractivity contribution < 1.29 is 9.90 Å². The molecule has 0 aliphatic heterocycles. The molecule has 6 heteroatoms. The lowest BCUT2D eigenvalue weighted by atomic mass is 10.2. The topological polar surface area (TPSA) is 76.2 Å². The highest BCUT2D eigenvalue weighted by Gasteiger charge is 2.11. The second-order valence-corrected chi connectivity index (χ2v) is 5.04. The number of rotatable bonds is 5. The number of carbonyl (C=O) groups is 1. The summed E-state index contributed by atoms with van der Waals surface area (Å²) >= 11 is 3.12. The Kier molecular flexibility index (Phi) is 4.37. The molecule has 1 aromatic heterocycles. The molecule has 3 N–H and O–H groups in total. The maximum atomic E-state index is 10.4. The molecule has 0 aliphatic carbocycles. The van der Waals surface area contributed by atoms with Crippen molar-refractivity contribution in [1.82, 2.24) is 4.98 Å². The smallest absolute Gasteiger partial charge is 0.320 e. The summed E-state index contributed by atoms with van der Waals surface area (Å²) in [6.07, 6.45) is 0.471. The van der Waals surface area contributed by atoms with E-state index in [1.165, 1.54) is 0 Å². The van der Waals surface area contributed by atoms with Crippen molar-refractivity contribution in [1.29, 1.82) is 0 Å². The zero-order valence-electron chi connectivity index (χ0n) is 7.77. The van der Waals surface area contributed by atoms with Crippen LogP contribution in [0.25, 0.3) is 0 Å². The van der Waals surface area contributed by atoms with Gasteiger partial charge in [0.15, 0.2) is 0 Å². The maximum Gasteiger partial charge on any atom is 0.320 e. The van der Waals surface area contributed by atoms with Gasteiger partial charge in [0, 0.05) is 16.8 Å². The summed E-state index contributed by atoms with van der Waals surface area (Å²) in [4.78, 5) is 14.6. The highest BCUT2D eigenvalue weighted by Crippen LogP contribution is 2.22. The van der Waals surface area contributed by atoms with Crippen molar-refractivity contribution in [3.05, 3.63) is 11.1 Å². The third-order valence-electron chi connectivity index (χ3n) is 1.57. The zero-order chi connectivity index (χ0) is 10.6. The van der Waals surface area contributed by atoms with Gasteiger partial charge in [-0.25, -0.2) is 4.98 Å². The summed E-state index contributed by atoms with van der Waals surface area (Å²) in [5, 5.41) is 10.5. The lowest BCUT2D eigenvalue weighted by Crippen LogP contribution is -2.30. The number of carboxylic acid groups (broad SMARTS) is 1. The summed E-state index contributed by atoms with van der Waals surface area (Å²) in [6.45, 7) is 1.93. The molecule has 0 saturated heterocycles. The fourth-order valence-corrected chi connectivity index (χ4v) is 2.74. The van der Waals surface area contributed by atoms with E-state index in [0.29, 0.717) is 12.2 Å². The molecule has 0 bridgehead atoms. The van der Waals surface area contributed by atoms with Crippen LogP contribution in [0.5, 0.6) is 0 Å². The number of thiazole rings is 1. The average molecular weight is 232 g/mol. The molecule has 0 aliphatic rings. The van der Waals surface area contributed by atoms with E-state index in [2.05, 4.69) is 4.98 Å². The number of hydrogen-bond donors (Lipinski definition) is 2. The van der Waals surface area contributed by atoms with Gasteiger partial charge >= 0.3 is 5.97 Å². The second-order valence-electron chi connectivity index (χ2n) is 2.84. The summed E-state index contributed by atoms with van der Waals surface area (Å²) in [6, 6.07) is -0.761. The summed E-state index contributed by atoms with van der Waals surface area (Å²) in [5.74, 6) is -0.249. The van der Waals surface area contributed by atoms with Crippen LogP contribution in [0, 0.1) is 6.92 Å². The monoisotopic (exact) mass is 232 g/mol.